The van der Waals surface area contributed by atoms with E-state index in [-0.39, 0.29) is 48.0 Å². The van der Waals surface area contributed by atoms with Gasteiger partial charge in [-0.05, 0) is 0 Å². The molecule has 0 aromatic heterocycles. The van der Waals surface area contributed by atoms with Crippen molar-refractivity contribution in [3.05, 3.63) is 19.5 Å². The van der Waals surface area contributed by atoms with E-state index < -0.39 is 0 Å². The summed E-state index contributed by atoms with van der Waals surface area (Å²) >= 11 is 2.03. The van der Waals surface area contributed by atoms with E-state index in [4.69, 9.17) is 0 Å². The van der Waals surface area contributed by atoms with Gasteiger partial charge in [0.25, 0.3) is 0 Å². The Morgan fingerprint density at radius 3 is 1.69 bits per heavy atom. The van der Waals surface area contributed by atoms with Crippen molar-refractivity contribution < 1.29 is 48.0 Å². The third kappa shape index (κ3) is 5.69. The number of hydrogen-bond donors (Lipinski definition) is 0. The molecule has 2 heterocycles. The van der Waals surface area contributed by atoms with Crippen molar-refractivity contribution in [2.45, 2.75) is 0 Å². The Labute approximate surface area is 129 Å². The second-order valence-corrected chi connectivity index (χ2v) is 27.5. The molecule has 0 fully saturated rings. The van der Waals surface area contributed by atoms with E-state index in [0.717, 1.165) is 0 Å². The van der Waals surface area contributed by atoms with Crippen LogP contribution in [0.3, 0.4) is 0 Å². The molecule has 0 aliphatic carbocycles. The van der Waals surface area contributed by atoms with Crippen LogP contribution in [0.15, 0.2) is 19.5 Å². The maximum Gasteiger partial charge on any atom is -1.00 e. The predicted molar refractivity (Wildman–Crippen MR) is 54.1 cm³/mol. The molecule has 68 valence electrons. The summed E-state index contributed by atoms with van der Waals surface area (Å²) in [6, 6.07) is 0. The molecule has 7 heteroatoms. The van der Waals surface area contributed by atoms with Crippen LogP contribution in [0.1, 0.15) is 0 Å². The Morgan fingerprint density at radius 2 is 1.38 bits per heavy atom. The van der Waals surface area contributed by atoms with E-state index in [1.54, 1.807) is 0 Å². The Hall–Kier alpha value is 2.92. The van der Waals surface area contributed by atoms with Crippen LogP contribution >= 0.6 is 0 Å². The van der Waals surface area contributed by atoms with Crippen molar-refractivity contribution in [2.75, 3.05) is 0 Å². The van der Waals surface area contributed by atoms with Crippen LogP contribution in [0.5, 0.6) is 0 Å². The quantitative estimate of drug-likeness (QED) is 0.306. The normalized spacial score (nSPS) is 23.1. The summed E-state index contributed by atoms with van der Waals surface area (Å²) in [4.78, 5) is 10.1. The third-order valence-electron chi connectivity index (χ3n) is 1.23. The van der Waals surface area contributed by atoms with Crippen molar-refractivity contribution in [3.8, 4) is 0 Å². The van der Waals surface area contributed by atoms with Crippen LogP contribution in [0, 0.1) is 0 Å². The van der Waals surface area contributed by atoms with E-state index in [0.29, 0.717) is 62.1 Å². The molecular weight excluding hydrogens is 534 g/mol. The zero-order valence-corrected chi connectivity index (χ0v) is 18.4. The molecule has 2 aliphatic heterocycles. The molecule has 2 unspecified atom stereocenters. The van der Waals surface area contributed by atoms with E-state index in [1.807, 2.05) is 0 Å². The van der Waals surface area contributed by atoms with Gasteiger partial charge in [0.2, 0.25) is 0 Å². The molecule has 0 N–H and O–H groups in total. The fourth-order valence-corrected chi connectivity index (χ4v) is 37.0. The van der Waals surface area contributed by atoms with Crippen molar-refractivity contribution in [2.24, 2.45) is 0 Å². The summed E-state index contributed by atoms with van der Waals surface area (Å²) in [5.41, 5.74) is 0. The molecule has 0 aromatic rings. The Morgan fingerprint density at radius 1 is 0.923 bits per heavy atom. The maximum absolute atomic E-state index is 2.52. The Kier molecular flexibility index (Phi) is 11.0. The van der Waals surface area contributed by atoms with Gasteiger partial charge in [-0.3, -0.25) is 0 Å². The van der Waals surface area contributed by atoms with Gasteiger partial charge in [0.05, 0.1) is 0 Å². The second-order valence-electron chi connectivity index (χ2n) is 2.00. The molecule has 0 aromatic carbocycles. The van der Waals surface area contributed by atoms with Gasteiger partial charge in [-0.2, -0.15) is 0 Å². The van der Waals surface area contributed by atoms with Crippen LogP contribution in [-0.2, 0) is 23.2 Å². The van der Waals surface area contributed by atoms with Crippen molar-refractivity contribution in [1.29, 1.82) is 0 Å². The average Bonchev–Trinajstić information content (AvgIpc) is 2.60. The zero-order chi connectivity index (χ0) is 7.52. The van der Waals surface area contributed by atoms with Gasteiger partial charge >= 0.3 is 106 Å². The van der Waals surface area contributed by atoms with Crippen LogP contribution in [0.4, 0.5) is 0 Å². The summed E-state index contributed by atoms with van der Waals surface area (Å²) in [6.45, 7) is 0. The SMILES string of the molecule is C1=C[AsH][C]([Zr+2][C]2=[As]C=C[AsH]2)=[As]1.[Cl-].[Cl-]. The molecule has 0 amide bonds. The second kappa shape index (κ2) is 9.00. The standard InChI is InChI=1S/2C3H3As2.2ClH.Zr/c2*1-2-5-3-4-1;;;/h2*1-2,4H;2*1H;/q;;;;+2/p-2. The van der Waals surface area contributed by atoms with Gasteiger partial charge in [0.1, 0.15) is 0 Å². The van der Waals surface area contributed by atoms with E-state index in [9.17, 15) is 0 Å². The molecule has 13 heavy (non-hydrogen) atoms. The first kappa shape index (κ1) is 15.9. The molecule has 0 nitrogen and oxygen atoms in total. The van der Waals surface area contributed by atoms with E-state index in [1.165, 1.54) is 0 Å². The van der Waals surface area contributed by atoms with Gasteiger partial charge < -0.3 is 24.8 Å². The van der Waals surface area contributed by atoms with Crippen molar-refractivity contribution in [3.63, 3.8) is 0 Å². The van der Waals surface area contributed by atoms with Crippen molar-refractivity contribution >= 4 is 63.7 Å². The largest absolute Gasteiger partial charge is 1.00 e. The summed E-state index contributed by atoms with van der Waals surface area (Å²) < 4.78 is 4.31. The molecule has 2 atom stereocenters. The molecule has 0 bridgehead atoms. The topological polar surface area (TPSA) is 0 Å². The summed E-state index contributed by atoms with van der Waals surface area (Å²) in [7, 11) is 0. The zero-order valence-electron chi connectivity index (χ0n) is 6.46. The minimum atomic E-state index is -0.00611. The number of rotatable bonds is 2. The van der Waals surface area contributed by atoms with Gasteiger partial charge in [-0.15, -0.1) is 0 Å². The Balaban J connectivity index is 0.000000720. The maximum atomic E-state index is 2.52. The molecular formula is C6H6As4Cl2Zr. The van der Waals surface area contributed by atoms with Crippen LogP contribution in [0.25, 0.3) is 0 Å². The summed E-state index contributed by atoms with van der Waals surface area (Å²) in [6.07, 6.45) is 0. The van der Waals surface area contributed by atoms with Crippen LogP contribution < -0.4 is 24.8 Å². The average molecular weight is 540 g/mol. The Bertz CT molecular complexity index is 256. The van der Waals surface area contributed by atoms with Crippen LogP contribution in [-0.4, -0.2) is 63.7 Å². The first-order valence-corrected chi connectivity index (χ1v) is 14.2. The van der Waals surface area contributed by atoms with Gasteiger partial charge in [-0.1, -0.05) is 0 Å². The fourth-order valence-electron chi connectivity index (χ4n) is 0.779. The van der Waals surface area contributed by atoms with Crippen LogP contribution in [0.2, 0.25) is 0 Å². The number of halogens is 2. The first-order chi connectivity index (χ1) is 5.45. The predicted octanol–water partition coefficient (Wildman–Crippen LogP) is -7.50. The molecule has 2 rings (SSSR count). The minimum absolute atomic E-state index is 0. The van der Waals surface area contributed by atoms with Gasteiger partial charge in [0.15, 0.2) is 0 Å². The summed E-state index contributed by atoms with van der Waals surface area (Å²) in [5.74, 6) is 0. The number of hydrogen-bond acceptors (Lipinski definition) is 0. The monoisotopic (exact) mass is 538 g/mol. The molecule has 2 aliphatic rings. The molecule has 0 saturated carbocycles. The molecule has 0 spiro atoms. The van der Waals surface area contributed by atoms with Gasteiger partial charge in [-0.25, -0.2) is 0 Å². The molecule has 0 radical (unpaired) electrons. The smallest absolute Gasteiger partial charge is 1.00 e. The first-order valence-electron chi connectivity index (χ1n) is 3.21. The summed E-state index contributed by atoms with van der Waals surface area (Å²) in [5, 5.41) is 0. The van der Waals surface area contributed by atoms with E-state index >= 15 is 0 Å². The van der Waals surface area contributed by atoms with Gasteiger partial charge in [0, 0.05) is 0 Å². The molecule has 0 saturated heterocycles. The van der Waals surface area contributed by atoms with E-state index in [2.05, 4.69) is 21.1 Å². The fraction of sp³-hybridized carbons (Fsp3) is 0. The van der Waals surface area contributed by atoms with Crippen molar-refractivity contribution in [1.82, 2.24) is 0 Å². The third-order valence-corrected chi connectivity index (χ3v) is 28.3. The minimum Gasteiger partial charge on any atom is -1.00 e.